The van der Waals surface area contributed by atoms with Crippen LogP contribution in [0.3, 0.4) is 0 Å². The van der Waals surface area contributed by atoms with Crippen LogP contribution in [0.5, 0.6) is 0 Å². The largest absolute Gasteiger partial charge is 0.369 e. The number of piperidine rings is 1. The molecule has 0 radical (unpaired) electrons. The third kappa shape index (κ3) is 5.31. The second kappa shape index (κ2) is 8.15. The maximum atomic E-state index is 12.0. The molecule has 1 aromatic rings. The van der Waals surface area contributed by atoms with E-state index in [1.54, 1.807) is 0 Å². The predicted octanol–water partition coefficient (Wildman–Crippen LogP) is -0.221. The highest BCUT2D eigenvalue weighted by molar-refractivity contribution is 6.30. The molecule has 0 aliphatic carbocycles. The van der Waals surface area contributed by atoms with Gasteiger partial charge in [-0.1, -0.05) is 23.7 Å². The lowest BCUT2D eigenvalue weighted by molar-refractivity contribution is -0.899. The van der Waals surface area contributed by atoms with E-state index >= 15 is 0 Å². The summed E-state index contributed by atoms with van der Waals surface area (Å²) >= 11 is 5.93. The topological polar surface area (TPSA) is 76.6 Å². The number of amides is 2. The van der Waals surface area contributed by atoms with E-state index in [2.05, 4.69) is 5.32 Å². The van der Waals surface area contributed by atoms with Crippen LogP contribution in [0.25, 0.3) is 0 Å². The molecular weight excluding hydrogens is 302 g/mol. The van der Waals surface area contributed by atoms with Crippen LogP contribution in [0.4, 0.5) is 0 Å². The molecule has 120 valence electrons. The lowest BCUT2D eigenvalue weighted by Crippen LogP contribution is -3.15. The molecule has 0 saturated carbocycles. The number of benzene rings is 1. The molecule has 1 saturated heterocycles. The highest BCUT2D eigenvalue weighted by atomic mass is 35.5. The molecule has 4 N–H and O–H groups in total. The minimum atomic E-state index is -0.251. The number of quaternary nitrogens is 1. The highest BCUT2D eigenvalue weighted by Crippen LogP contribution is 2.10. The summed E-state index contributed by atoms with van der Waals surface area (Å²) in [6.45, 7) is 2.58. The van der Waals surface area contributed by atoms with E-state index in [1.807, 2.05) is 24.3 Å². The van der Waals surface area contributed by atoms with E-state index in [-0.39, 0.29) is 17.7 Å². The second-order valence-corrected chi connectivity index (χ2v) is 6.29. The van der Waals surface area contributed by atoms with Gasteiger partial charge in [-0.05, 0) is 37.0 Å². The molecule has 1 aliphatic rings. The van der Waals surface area contributed by atoms with Gasteiger partial charge in [0.05, 0.1) is 19.0 Å². The Bertz CT molecular complexity index is 536. The monoisotopic (exact) mass is 324 g/mol. The van der Waals surface area contributed by atoms with Crippen molar-refractivity contribution in [3.63, 3.8) is 0 Å². The number of hydrogen-bond donors (Lipinski definition) is 3. The lowest BCUT2D eigenvalue weighted by Gasteiger charge is -2.27. The maximum Gasteiger partial charge on any atom is 0.275 e. The number of halogens is 1. The molecular formula is C16H23ClN3O2+. The van der Waals surface area contributed by atoms with Gasteiger partial charge in [-0.3, -0.25) is 9.59 Å². The summed E-state index contributed by atoms with van der Waals surface area (Å²) in [5.74, 6) is -0.330. The van der Waals surface area contributed by atoms with Gasteiger partial charge in [0.1, 0.15) is 0 Å². The molecule has 1 heterocycles. The lowest BCUT2D eigenvalue weighted by atomic mass is 9.97. The molecule has 1 aromatic carbocycles. The van der Waals surface area contributed by atoms with Gasteiger partial charge in [0.25, 0.3) is 5.91 Å². The molecule has 1 aliphatic heterocycles. The average molecular weight is 325 g/mol. The quantitative estimate of drug-likeness (QED) is 0.676. The number of nitrogens with two attached hydrogens (primary N) is 1. The van der Waals surface area contributed by atoms with Gasteiger partial charge in [-0.2, -0.15) is 0 Å². The summed E-state index contributed by atoms with van der Waals surface area (Å²) < 4.78 is 0. The number of primary amides is 1. The molecule has 0 bridgehead atoms. The second-order valence-electron chi connectivity index (χ2n) is 5.85. The maximum absolute atomic E-state index is 12.0. The van der Waals surface area contributed by atoms with Crippen molar-refractivity contribution in [2.45, 2.75) is 19.3 Å². The van der Waals surface area contributed by atoms with Crippen molar-refractivity contribution in [1.29, 1.82) is 0 Å². The number of rotatable bonds is 6. The third-order valence-electron chi connectivity index (χ3n) is 4.06. The summed E-state index contributed by atoms with van der Waals surface area (Å²) in [4.78, 5) is 24.3. The molecule has 1 unspecified atom stereocenters. The molecule has 0 spiro atoms. The summed E-state index contributed by atoms with van der Waals surface area (Å²) in [5.41, 5.74) is 6.46. The fourth-order valence-corrected chi connectivity index (χ4v) is 3.10. The van der Waals surface area contributed by atoms with Gasteiger partial charge < -0.3 is 16.0 Å². The van der Waals surface area contributed by atoms with Crippen molar-refractivity contribution in [3.8, 4) is 0 Å². The highest BCUT2D eigenvalue weighted by Gasteiger charge is 2.28. The zero-order chi connectivity index (χ0) is 15.9. The molecule has 1 fully saturated rings. The zero-order valence-corrected chi connectivity index (χ0v) is 13.4. The molecule has 2 atom stereocenters. The van der Waals surface area contributed by atoms with Gasteiger partial charge >= 0.3 is 0 Å². The van der Waals surface area contributed by atoms with E-state index in [1.165, 1.54) is 0 Å². The molecule has 0 aromatic heterocycles. The van der Waals surface area contributed by atoms with Crippen LogP contribution in [0, 0.1) is 5.92 Å². The Labute approximate surface area is 135 Å². The Morgan fingerprint density at radius 3 is 2.95 bits per heavy atom. The van der Waals surface area contributed by atoms with Crippen molar-refractivity contribution < 1.29 is 14.5 Å². The predicted molar refractivity (Wildman–Crippen MR) is 85.6 cm³/mol. The number of nitrogens with one attached hydrogen (secondary N) is 2. The summed E-state index contributed by atoms with van der Waals surface area (Å²) in [6.07, 6.45) is 2.54. The Morgan fingerprint density at radius 1 is 1.41 bits per heavy atom. The van der Waals surface area contributed by atoms with E-state index in [4.69, 9.17) is 17.3 Å². The number of hydrogen-bond acceptors (Lipinski definition) is 2. The number of carbonyl (C=O) groups is 2. The van der Waals surface area contributed by atoms with Crippen LogP contribution < -0.4 is 16.0 Å². The van der Waals surface area contributed by atoms with Crippen LogP contribution >= 0.6 is 11.6 Å². The van der Waals surface area contributed by atoms with Gasteiger partial charge in [0.15, 0.2) is 6.54 Å². The van der Waals surface area contributed by atoms with Crippen LogP contribution in [0.1, 0.15) is 18.4 Å². The fourth-order valence-electron chi connectivity index (χ4n) is 2.88. The SMILES string of the molecule is NC(=O)[C@H]1CCC[NH+](CC(=O)NCCc2cccc(Cl)c2)C1. The van der Waals surface area contributed by atoms with E-state index < -0.39 is 0 Å². The van der Waals surface area contributed by atoms with Gasteiger partial charge in [-0.25, -0.2) is 0 Å². The molecule has 6 heteroatoms. The minimum Gasteiger partial charge on any atom is -0.369 e. The van der Waals surface area contributed by atoms with Crippen molar-refractivity contribution >= 4 is 23.4 Å². The van der Waals surface area contributed by atoms with Gasteiger partial charge in [-0.15, -0.1) is 0 Å². The van der Waals surface area contributed by atoms with Gasteiger partial charge in [0, 0.05) is 11.6 Å². The summed E-state index contributed by atoms with van der Waals surface area (Å²) in [6, 6.07) is 7.63. The summed E-state index contributed by atoms with van der Waals surface area (Å²) in [7, 11) is 0. The minimum absolute atomic E-state index is 0.0159. The average Bonchev–Trinajstić information content (AvgIpc) is 2.47. The normalized spacial score (nSPS) is 21.3. The van der Waals surface area contributed by atoms with Crippen LogP contribution in [-0.4, -0.2) is 38.0 Å². The van der Waals surface area contributed by atoms with E-state index in [0.29, 0.717) is 24.7 Å². The van der Waals surface area contributed by atoms with Gasteiger partial charge in [0.2, 0.25) is 5.91 Å². The Hall–Kier alpha value is -1.59. The van der Waals surface area contributed by atoms with Crippen LogP contribution in [-0.2, 0) is 16.0 Å². The van der Waals surface area contributed by atoms with Crippen LogP contribution in [0.15, 0.2) is 24.3 Å². The Kier molecular flexibility index (Phi) is 6.21. The number of likely N-dealkylation sites (tertiary alicyclic amines) is 1. The molecule has 2 amide bonds. The summed E-state index contributed by atoms with van der Waals surface area (Å²) in [5, 5.41) is 3.63. The number of carbonyl (C=O) groups excluding carboxylic acids is 2. The standard InChI is InChI=1S/C16H22ClN3O2/c17-14-5-1-3-12(9-14)6-7-19-15(21)11-20-8-2-4-13(10-20)16(18)22/h1,3,5,9,13H,2,4,6-8,10-11H2,(H2,18,22)(H,19,21)/p+1/t13-/m0/s1. The first-order valence-electron chi connectivity index (χ1n) is 7.68. The van der Waals surface area contributed by atoms with Crippen LogP contribution in [0.2, 0.25) is 5.02 Å². The molecule has 2 rings (SSSR count). The Balaban J connectivity index is 1.70. The van der Waals surface area contributed by atoms with E-state index in [0.717, 1.165) is 36.3 Å². The fraction of sp³-hybridized carbons (Fsp3) is 0.500. The first-order chi connectivity index (χ1) is 10.5. The van der Waals surface area contributed by atoms with E-state index in [9.17, 15) is 9.59 Å². The first-order valence-corrected chi connectivity index (χ1v) is 8.06. The van der Waals surface area contributed by atoms with Crippen molar-refractivity contribution in [2.75, 3.05) is 26.2 Å². The van der Waals surface area contributed by atoms with Crippen molar-refractivity contribution in [3.05, 3.63) is 34.9 Å². The van der Waals surface area contributed by atoms with Crippen molar-refractivity contribution in [2.24, 2.45) is 11.7 Å². The third-order valence-corrected chi connectivity index (χ3v) is 4.29. The van der Waals surface area contributed by atoms with Crippen molar-refractivity contribution in [1.82, 2.24) is 5.32 Å². The smallest absolute Gasteiger partial charge is 0.275 e. The zero-order valence-electron chi connectivity index (χ0n) is 12.6. The first kappa shape index (κ1) is 16.8. The Morgan fingerprint density at radius 2 is 2.23 bits per heavy atom. The molecule has 5 nitrogen and oxygen atoms in total. The molecule has 22 heavy (non-hydrogen) atoms.